The highest BCUT2D eigenvalue weighted by Gasteiger charge is 2.23. The highest BCUT2D eigenvalue weighted by Crippen LogP contribution is 2.33. The number of thiazole rings is 1. The first-order valence-corrected chi connectivity index (χ1v) is 9.77. The van der Waals surface area contributed by atoms with Crippen molar-refractivity contribution in [3.63, 3.8) is 0 Å². The van der Waals surface area contributed by atoms with Gasteiger partial charge in [0.15, 0.2) is 16.8 Å². The number of carbonyl (C=O) groups excluding carboxylic acids is 1. The number of anilines is 1. The van der Waals surface area contributed by atoms with Crippen molar-refractivity contribution in [2.45, 2.75) is 20.4 Å². The van der Waals surface area contributed by atoms with Gasteiger partial charge in [0.1, 0.15) is 0 Å². The predicted molar refractivity (Wildman–Crippen MR) is 110 cm³/mol. The fourth-order valence-electron chi connectivity index (χ4n) is 3.17. The molecule has 2 aromatic heterocycles. The van der Waals surface area contributed by atoms with Crippen LogP contribution in [-0.2, 0) is 6.54 Å². The van der Waals surface area contributed by atoms with Crippen LogP contribution in [0.2, 0.25) is 0 Å². The van der Waals surface area contributed by atoms with Gasteiger partial charge in [-0.15, -0.1) is 0 Å². The molecule has 2 heterocycles. The molecule has 0 atom stereocenters. The number of nitrogens with zero attached hydrogens (tertiary/aromatic N) is 3. The van der Waals surface area contributed by atoms with Gasteiger partial charge in [-0.1, -0.05) is 23.5 Å². The minimum absolute atomic E-state index is 0.0555. The minimum atomic E-state index is -1.06. The average Bonchev–Trinajstić information content (AvgIpc) is 3.12. The van der Waals surface area contributed by atoms with Gasteiger partial charge >= 0.3 is 0 Å². The number of aryl methyl sites for hydroxylation is 2. The summed E-state index contributed by atoms with van der Waals surface area (Å²) in [7, 11) is 0. The monoisotopic (exact) mass is 409 g/mol. The largest absolute Gasteiger partial charge is 0.279 e. The Hall–Kier alpha value is -3.19. The Morgan fingerprint density at radius 1 is 1.10 bits per heavy atom. The molecular formula is C22H17F2N3OS. The maximum absolute atomic E-state index is 13.7. The first kappa shape index (κ1) is 19.1. The molecule has 0 N–H and O–H groups in total. The minimum Gasteiger partial charge on any atom is -0.279 e. The van der Waals surface area contributed by atoms with E-state index in [1.165, 1.54) is 22.3 Å². The number of fused-ring (bicyclic) bond motifs is 1. The van der Waals surface area contributed by atoms with Crippen LogP contribution in [0.5, 0.6) is 0 Å². The van der Waals surface area contributed by atoms with E-state index in [-0.39, 0.29) is 12.1 Å². The molecule has 0 unspecified atom stereocenters. The maximum Gasteiger partial charge on any atom is 0.260 e. The summed E-state index contributed by atoms with van der Waals surface area (Å²) in [6, 6.07) is 10.8. The molecule has 0 aliphatic rings. The zero-order valence-corrected chi connectivity index (χ0v) is 16.6. The van der Waals surface area contributed by atoms with Crippen LogP contribution in [0.3, 0.4) is 0 Å². The second-order valence-electron chi connectivity index (χ2n) is 6.81. The Morgan fingerprint density at radius 2 is 1.93 bits per heavy atom. The molecule has 0 aliphatic carbocycles. The number of amides is 1. The number of benzene rings is 2. The van der Waals surface area contributed by atoms with Crippen molar-refractivity contribution in [3.8, 4) is 0 Å². The van der Waals surface area contributed by atoms with E-state index in [9.17, 15) is 13.6 Å². The highest BCUT2D eigenvalue weighted by atomic mass is 32.1. The van der Waals surface area contributed by atoms with Crippen LogP contribution in [0.25, 0.3) is 10.2 Å². The molecule has 0 saturated heterocycles. The molecule has 7 heteroatoms. The Morgan fingerprint density at radius 3 is 2.66 bits per heavy atom. The zero-order valence-electron chi connectivity index (χ0n) is 15.8. The molecule has 29 heavy (non-hydrogen) atoms. The summed E-state index contributed by atoms with van der Waals surface area (Å²) in [5.74, 6) is -2.51. The molecule has 4 rings (SSSR count). The second-order valence-corrected chi connectivity index (χ2v) is 7.79. The van der Waals surface area contributed by atoms with Crippen LogP contribution in [0.1, 0.15) is 27.0 Å². The van der Waals surface area contributed by atoms with E-state index in [0.717, 1.165) is 39.0 Å². The summed E-state index contributed by atoms with van der Waals surface area (Å²) < 4.78 is 28.1. The van der Waals surface area contributed by atoms with E-state index < -0.39 is 17.5 Å². The normalized spacial score (nSPS) is 11.0. The number of hydrogen-bond acceptors (Lipinski definition) is 4. The highest BCUT2D eigenvalue weighted by molar-refractivity contribution is 7.22. The van der Waals surface area contributed by atoms with Gasteiger partial charge in [-0.3, -0.25) is 14.7 Å². The van der Waals surface area contributed by atoms with Gasteiger partial charge in [-0.05, 0) is 60.9 Å². The van der Waals surface area contributed by atoms with Crippen molar-refractivity contribution < 1.29 is 13.6 Å². The van der Waals surface area contributed by atoms with Gasteiger partial charge in [-0.2, -0.15) is 0 Å². The molecular weight excluding hydrogens is 392 g/mol. The van der Waals surface area contributed by atoms with E-state index in [2.05, 4.69) is 16.0 Å². The number of carbonyl (C=O) groups is 1. The van der Waals surface area contributed by atoms with Crippen molar-refractivity contribution in [1.29, 1.82) is 0 Å². The first-order chi connectivity index (χ1) is 13.9. The smallest absolute Gasteiger partial charge is 0.260 e. The van der Waals surface area contributed by atoms with Crippen LogP contribution in [0.15, 0.2) is 54.9 Å². The second kappa shape index (κ2) is 7.67. The van der Waals surface area contributed by atoms with Crippen molar-refractivity contribution in [3.05, 3.63) is 88.7 Å². The molecule has 0 saturated carbocycles. The van der Waals surface area contributed by atoms with E-state index in [1.54, 1.807) is 18.5 Å². The molecule has 0 bridgehead atoms. The molecule has 2 aromatic carbocycles. The number of halogens is 2. The third-order valence-corrected chi connectivity index (χ3v) is 5.74. The molecule has 0 radical (unpaired) electrons. The Labute approximate surface area is 170 Å². The molecule has 0 fully saturated rings. The van der Waals surface area contributed by atoms with E-state index in [4.69, 9.17) is 0 Å². The topological polar surface area (TPSA) is 46.1 Å². The number of aromatic nitrogens is 2. The molecule has 4 aromatic rings. The van der Waals surface area contributed by atoms with Crippen LogP contribution in [-0.4, -0.2) is 15.9 Å². The first-order valence-electron chi connectivity index (χ1n) is 8.96. The van der Waals surface area contributed by atoms with Crippen LogP contribution < -0.4 is 4.90 Å². The summed E-state index contributed by atoms with van der Waals surface area (Å²) in [5.41, 5.74) is 3.82. The van der Waals surface area contributed by atoms with E-state index >= 15 is 0 Å². The lowest BCUT2D eigenvalue weighted by Crippen LogP contribution is -2.30. The number of rotatable bonds is 4. The lowest BCUT2D eigenvalue weighted by molar-refractivity contribution is 0.0984. The van der Waals surface area contributed by atoms with E-state index in [0.29, 0.717) is 5.13 Å². The zero-order chi connectivity index (χ0) is 20.5. The van der Waals surface area contributed by atoms with Crippen LogP contribution in [0.4, 0.5) is 13.9 Å². The fourth-order valence-corrected chi connectivity index (χ4v) is 4.18. The third kappa shape index (κ3) is 3.86. The van der Waals surface area contributed by atoms with Crippen molar-refractivity contribution >= 4 is 32.6 Å². The standard InChI is InChI=1S/C22H17F2N3OS/c1-13-8-14(2)20-19(9-13)26-22(29-20)27(12-15-4-3-7-25-11-15)21(28)16-5-6-17(23)18(24)10-16/h3-11H,12H2,1-2H3. The average molecular weight is 409 g/mol. The molecule has 4 nitrogen and oxygen atoms in total. The lowest BCUT2D eigenvalue weighted by Gasteiger charge is -2.20. The molecule has 0 spiro atoms. The lowest BCUT2D eigenvalue weighted by atomic mass is 10.1. The fraction of sp³-hybridized carbons (Fsp3) is 0.136. The Bertz CT molecular complexity index is 1210. The maximum atomic E-state index is 13.7. The van der Waals surface area contributed by atoms with Gasteiger partial charge in [-0.25, -0.2) is 13.8 Å². The van der Waals surface area contributed by atoms with Crippen LogP contribution >= 0.6 is 11.3 Å². The molecule has 1 amide bonds. The Kier molecular flexibility index (Phi) is 5.07. The number of hydrogen-bond donors (Lipinski definition) is 0. The SMILES string of the molecule is Cc1cc(C)c2sc(N(Cc3cccnc3)C(=O)c3ccc(F)c(F)c3)nc2c1. The van der Waals surface area contributed by atoms with Crippen molar-refractivity contribution in [1.82, 2.24) is 9.97 Å². The van der Waals surface area contributed by atoms with Gasteiger partial charge in [0.05, 0.1) is 16.8 Å². The molecule has 146 valence electrons. The van der Waals surface area contributed by atoms with Gasteiger partial charge in [0.25, 0.3) is 5.91 Å². The van der Waals surface area contributed by atoms with E-state index in [1.807, 2.05) is 26.0 Å². The van der Waals surface area contributed by atoms with Gasteiger partial charge in [0.2, 0.25) is 0 Å². The third-order valence-electron chi connectivity index (χ3n) is 4.51. The van der Waals surface area contributed by atoms with Gasteiger partial charge < -0.3 is 0 Å². The summed E-state index contributed by atoms with van der Waals surface area (Å²) in [5, 5.41) is 0.493. The summed E-state index contributed by atoms with van der Waals surface area (Å²) in [6.45, 7) is 4.20. The summed E-state index contributed by atoms with van der Waals surface area (Å²) in [6.07, 6.45) is 3.31. The summed E-state index contributed by atoms with van der Waals surface area (Å²) >= 11 is 1.40. The number of pyridine rings is 1. The summed E-state index contributed by atoms with van der Waals surface area (Å²) in [4.78, 5) is 23.4. The van der Waals surface area contributed by atoms with Crippen molar-refractivity contribution in [2.75, 3.05) is 4.90 Å². The Balaban J connectivity index is 1.80. The molecule has 0 aliphatic heterocycles. The quantitative estimate of drug-likeness (QED) is 0.451. The van der Waals surface area contributed by atoms with Crippen LogP contribution in [0, 0.1) is 25.5 Å². The van der Waals surface area contributed by atoms with Gasteiger partial charge in [0, 0.05) is 18.0 Å². The van der Waals surface area contributed by atoms with Crippen molar-refractivity contribution in [2.24, 2.45) is 0 Å². The predicted octanol–water partition coefficient (Wildman–Crippen LogP) is 5.43.